The predicted molar refractivity (Wildman–Crippen MR) is 202 cm³/mol. The summed E-state index contributed by atoms with van der Waals surface area (Å²) in [6.45, 7) is 9.84. The van der Waals surface area contributed by atoms with Gasteiger partial charge in [0.15, 0.2) is 11.5 Å². The van der Waals surface area contributed by atoms with E-state index < -0.39 is 16.1 Å². The quantitative estimate of drug-likeness (QED) is 0.173. The largest absolute Gasteiger partial charge is 0.455 e. The molecule has 47 heavy (non-hydrogen) atoms. The van der Waals surface area contributed by atoms with Crippen molar-refractivity contribution in [2.24, 2.45) is 0 Å². The second-order valence-electron chi connectivity index (χ2n) is 13.3. The summed E-state index contributed by atoms with van der Waals surface area (Å²) in [7, 11) is -4.06. The van der Waals surface area contributed by atoms with Crippen LogP contribution >= 0.6 is 23.5 Å². The summed E-state index contributed by atoms with van der Waals surface area (Å²) in [5.41, 5.74) is 3.19. The molecular formula is C40H33NO2S2Si2. The summed E-state index contributed by atoms with van der Waals surface area (Å²) in [4.78, 5) is 7.33. The van der Waals surface area contributed by atoms with Crippen LogP contribution in [0.15, 0.2) is 147 Å². The van der Waals surface area contributed by atoms with Crippen LogP contribution in [-0.2, 0) is 0 Å². The van der Waals surface area contributed by atoms with Crippen LogP contribution in [0.3, 0.4) is 0 Å². The predicted octanol–water partition coefficient (Wildman–Crippen LogP) is 9.63. The second-order valence-corrected chi connectivity index (χ2v) is 24.1. The van der Waals surface area contributed by atoms with E-state index in [4.69, 9.17) is 9.47 Å². The van der Waals surface area contributed by atoms with Crippen LogP contribution in [0.25, 0.3) is 0 Å². The van der Waals surface area contributed by atoms with E-state index >= 15 is 0 Å². The molecule has 0 unspecified atom stereocenters. The maximum absolute atomic E-state index is 6.96. The number of anilines is 3. The molecule has 230 valence electrons. The highest BCUT2D eigenvalue weighted by Gasteiger charge is 2.41. The minimum Gasteiger partial charge on any atom is -0.455 e. The van der Waals surface area contributed by atoms with Gasteiger partial charge in [-0.25, -0.2) is 0 Å². The van der Waals surface area contributed by atoms with E-state index in [1.807, 2.05) is 17.8 Å². The minimum atomic E-state index is -2.07. The van der Waals surface area contributed by atoms with Crippen molar-refractivity contribution in [3.8, 4) is 23.0 Å². The van der Waals surface area contributed by atoms with Gasteiger partial charge in [0, 0.05) is 9.79 Å². The average molecular weight is 680 g/mol. The Labute approximate surface area is 286 Å². The van der Waals surface area contributed by atoms with Crippen molar-refractivity contribution in [1.29, 1.82) is 0 Å². The Morgan fingerprint density at radius 3 is 1.77 bits per heavy atom. The minimum absolute atomic E-state index is 0.872. The van der Waals surface area contributed by atoms with Crippen LogP contribution in [0.1, 0.15) is 0 Å². The molecule has 0 saturated heterocycles. The number of nitrogens with zero attached hydrogens (tertiary/aromatic N) is 1. The Kier molecular flexibility index (Phi) is 6.60. The SMILES string of the molecule is C[Si]1(C)c2ccccc2Oc2c(N(c3cccc4c3Oc3ccccc3S4)c3cccc4c3Sc3ccccc3[Si]4(C)C)cccc21. The van der Waals surface area contributed by atoms with E-state index in [1.54, 1.807) is 11.8 Å². The van der Waals surface area contributed by atoms with E-state index in [-0.39, 0.29) is 0 Å². The van der Waals surface area contributed by atoms with Crippen molar-refractivity contribution in [2.75, 3.05) is 4.90 Å². The lowest BCUT2D eigenvalue weighted by Crippen LogP contribution is -2.56. The smallest absolute Gasteiger partial charge is 0.165 e. The number of benzene rings is 6. The molecule has 3 nitrogen and oxygen atoms in total. The van der Waals surface area contributed by atoms with Crippen molar-refractivity contribution in [2.45, 2.75) is 45.8 Å². The summed E-state index contributed by atoms with van der Waals surface area (Å²) in [5.74, 6) is 3.67. The first-order valence-corrected chi connectivity index (χ1v) is 23.7. The van der Waals surface area contributed by atoms with Gasteiger partial charge < -0.3 is 14.4 Å². The van der Waals surface area contributed by atoms with Crippen molar-refractivity contribution in [3.05, 3.63) is 127 Å². The molecular weight excluding hydrogens is 647 g/mol. The maximum Gasteiger partial charge on any atom is 0.165 e. The van der Waals surface area contributed by atoms with Crippen LogP contribution in [0, 0.1) is 0 Å². The molecule has 7 heteroatoms. The lowest BCUT2D eigenvalue weighted by atomic mass is 10.1. The molecule has 0 radical (unpaired) electrons. The Bertz CT molecular complexity index is 2140. The molecule has 0 amide bonds. The third-order valence-corrected chi connectivity index (χ3v) is 19.6. The standard InChI is InChI=1S/C40H33NO2S2Si2/c1-46(2)34-22-9-6-18-30(34)43-39-27(15-12-24-36(39)46)41(26-14-11-21-33-38(26)42-29-17-5-7-19-31(29)44-33)28-16-13-25-37-40(28)45-32-20-8-10-23-35(32)47(37,3)4/h5-25H,1-4H3. The molecule has 0 aromatic heterocycles. The number of fused-ring (bicyclic) bond motifs is 6. The van der Waals surface area contributed by atoms with E-state index in [1.165, 1.54) is 30.5 Å². The van der Waals surface area contributed by atoms with Crippen molar-refractivity contribution in [1.82, 2.24) is 0 Å². The van der Waals surface area contributed by atoms with Crippen molar-refractivity contribution < 1.29 is 9.47 Å². The first-order chi connectivity index (χ1) is 22.8. The van der Waals surface area contributed by atoms with Gasteiger partial charge in [-0.1, -0.05) is 129 Å². The summed E-state index contributed by atoms with van der Waals surface area (Å²) < 4.78 is 13.8. The van der Waals surface area contributed by atoms with Gasteiger partial charge in [-0.05, 0) is 69.3 Å². The van der Waals surface area contributed by atoms with E-state index in [9.17, 15) is 0 Å². The fourth-order valence-corrected chi connectivity index (χ4v) is 16.7. The normalized spacial score (nSPS) is 15.7. The first-order valence-electron chi connectivity index (χ1n) is 16.0. The Morgan fingerprint density at radius 2 is 0.957 bits per heavy atom. The summed E-state index contributed by atoms with van der Waals surface area (Å²) in [5, 5.41) is 5.60. The molecule has 0 N–H and O–H groups in total. The molecule has 0 bridgehead atoms. The van der Waals surface area contributed by atoms with Gasteiger partial charge in [-0.15, -0.1) is 0 Å². The summed E-state index contributed by atoms with van der Waals surface area (Å²) in [6.07, 6.45) is 0. The molecule has 6 aromatic rings. The number of para-hydroxylation sites is 4. The van der Waals surface area contributed by atoms with E-state index in [0.29, 0.717) is 0 Å². The molecule has 0 fully saturated rings. The zero-order valence-electron chi connectivity index (χ0n) is 26.7. The molecule has 3 heterocycles. The number of hydrogen-bond donors (Lipinski definition) is 0. The molecule has 3 aliphatic heterocycles. The summed E-state index contributed by atoms with van der Waals surface area (Å²) in [6, 6.07) is 46.0. The van der Waals surface area contributed by atoms with Gasteiger partial charge in [0.1, 0.15) is 27.6 Å². The molecule has 0 atom stereocenters. The number of ether oxygens (including phenoxy) is 2. The van der Waals surface area contributed by atoms with Gasteiger partial charge in [-0.2, -0.15) is 0 Å². The van der Waals surface area contributed by atoms with Gasteiger partial charge in [-0.3, -0.25) is 0 Å². The topological polar surface area (TPSA) is 21.7 Å². The number of rotatable bonds is 3. The maximum atomic E-state index is 6.96. The lowest BCUT2D eigenvalue weighted by Gasteiger charge is -2.39. The monoisotopic (exact) mass is 679 g/mol. The molecule has 0 saturated carbocycles. The van der Waals surface area contributed by atoms with Gasteiger partial charge in [0.25, 0.3) is 0 Å². The zero-order chi connectivity index (χ0) is 31.9. The highest BCUT2D eigenvalue weighted by Crippen LogP contribution is 2.55. The second kappa shape index (κ2) is 10.7. The molecule has 9 rings (SSSR count). The van der Waals surface area contributed by atoms with Gasteiger partial charge >= 0.3 is 0 Å². The Balaban J connectivity index is 1.32. The van der Waals surface area contributed by atoms with Gasteiger partial charge in [0.05, 0.1) is 26.9 Å². The van der Waals surface area contributed by atoms with Gasteiger partial charge in [0.2, 0.25) is 0 Å². The molecule has 0 spiro atoms. The first kappa shape index (κ1) is 29.0. The average Bonchev–Trinajstić information content (AvgIpc) is 3.08. The lowest BCUT2D eigenvalue weighted by molar-refractivity contribution is 0.455. The number of hydrogen-bond acceptors (Lipinski definition) is 5. The highest BCUT2D eigenvalue weighted by atomic mass is 32.2. The zero-order valence-corrected chi connectivity index (χ0v) is 30.3. The summed E-state index contributed by atoms with van der Waals surface area (Å²) >= 11 is 3.66. The molecule has 3 aliphatic rings. The fourth-order valence-electron chi connectivity index (χ4n) is 7.35. The van der Waals surface area contributed by atoms with E-state index in [2.05, 4.69) is 152 Å². The fraction of sp³-hybridized carbons (Fsp3) is 0.100. The van der Waals surface area contributed by atoms with Crippen LogP contribution < -0.4 is 35.1 Å². The highest BCUT2D eigenvalue weighted by molar-refractivity contribution is 8.00. The third-order valence-electron chi connectivity index (χ3n) is 9.84. The molecule has 0 aliphatic carbocycles. The Hall–Kier alpha value is -4.15. The third kappa shape index (κ3) is 4.40. The van der Waals surface area contributed by atoms with Crippen LogP contribution in [0.2, 0.25) is 26.2 Å². The van der Waals surface area contributed by atoms with Crippen molar-refractivity contribution >= 4 is 77.5 Å². The Morgan fingerprint density at radius 1 is 0.426 bits per heavy atom. The van der Waals surface area contributed by atoms with Crippen LogP contribution in [0.5, 0.6) is 23.0 Å². The van der Waals surface area contributed by atoms with Crippen LogP contribution in [0.4, 0.5) is 17.1 Å². The van der Waals surface area contributed by atoms with Crippen molar-refractivity contribution in [3.63, 3.8) is 0 Å². The van der Waals surface area contributed by atoms with Crippen LogP contribution in [-0.4, -0.2) is 16.1 Å². The van der Waals surface area contributed by atoms with E-state index in [0.717, 1.165) is 49.9 Å². The molecule has 6 aromatic carbocycles.